The van der Waals surface area contributed by atoms with E-state index in [4.69, 9.17) is 5.73 Å². The van der Waals surface area contributed by atoms with Gasteiger partial charge in [0.2, 0.25) is 0 Å². The molecule has 0 aromatic heterocycles. The Morgan fingerprint density at radius 1 is 1.05 bits per heavy atom. The third kappa shape index (κ3) is 3.92. The van der Waals surface area contributed by atoms with Crippen LogP contribution in [0.25, 0.3) is 0 Å². The van der Waals surface area contributed by atoms with Gasteiger partial charge in [-0.15, -0.1) is 0 Å². The molecule has 0 aliphatic rings. The fourth-order valence-electron chi connectivity index (χ4n) is 2.24. The van der Waals surface area contributed by atoms with E-state index in [-0.39, 0.29) is 6.04 Å². The summed E-state index contributed by atoms with van der Waals surface area (Å²) in [5.74, 6) is 0. The van der Waals surface area contributed by atoms with Crippen LogP contribution in [0.2, 0.25) is 0 Å². The fraction of sp³-hybridized carbons (Fsp3) is 0.294. The molecule has 100 valence electrons. The van der Waals surface area contributed by atoms with Crippen LogP contribution in [0.15, 0.2) is 53.0 Å². The van der Waals surface area contributed by atoms with Crippen LogP contribution in [-0.4, -0.2) is 0 Å². The van der Waals surface area contributed by atoms with Gasteiger partial charge in [0.05, 0.1) is 0 Å². The van der Waals surface area contributed by atoms with Crippen molar-refractivity contribution in [3.63, 3.8) is 0 Å². The molecule has 0 saturated carbocycles. The Morgan fingerprint density at radius 2 is 1.74 bits per heavy atom. The van der Waals surface area contributed by atoms with Crippen molar-refractivity contribution >= 4 is 15.9 Å². The first-order chi connectivity index (χ1) is 9.20. The van der Waals surface area contributed by atoms with Gasteiger partial charge in [-0.25, -0.2) is 0 Å². The molecular weight excluding hydrogens is 298 g/mol. The van der Waals surface area contributed by atoms with E-state index in [2.05, 4.69) is 65.3 Å². The van der Waals surface area contributed by atoms with Gasteiger partial charge in [-0.05, 0) is 35.6 Å². The molecule has 2 aromatic carbocycles. The van der Waals surface area contributed by atoms with E-state index in [1.807, 2.05) is 6.07 Å². The van der Waals surface area contributed by atoms with E-state index in [9.17, 15) is 0 Å². The lowest BCUT2D eigenvalue weighted by molar-refractivity contribution is 0.719. The summed E-state index contributed by atoms with van der Waals surface area (Å²) in [5.41, 5.74) is 10.1. The average molecular weight is 318 g/mol. The molecule has 1 atom stereocenters. The normalized spacial score (nSPS) is 12.4. The second kappa shape index (κ2) is 6.88. The molecule has 0 heterocycles. The monoisotopic (exact) mass is 317 g/mol. The quantitative estimate of drug-likeness (QED) is 0.853. The smallest absolute Gasteiger partial charge is 0.0336 e. The topological polar surface area (TPSA) is 26.0 Å². The van der Waals surface area contributed by atoms with Crippen LogP contribution in [0.4, 0.5) is 0 Å². The molecule has 0 aliphatic heterocycles. The standard InChI is InChI=1S/C17H20BrN/c1-2-5-13-8-10-14(11-9-13)17(19)12-15-6-3-4-7-16(15)18/h3-4,6-11,17H,2,5,12,19H2,1H3. The van der Waals surface area contributed by atoms with E-state index in [1.165, 1.54) is 23.1 Å². The molecule has 2 aromatic rings. The lowest BCUT2D eigenvalue weighted by atomic mass is 9.98. The summed E-state index contributed by atoms with van der Waals surface area (Å²) >= 11 is 3.57. The van der Waals surface area contributed by atoms with Crippen molar-refractivity contribution in [3.8, 4) is 0 Å². The third-order valence-corrected chi connectivity index (χ3v) is 4.12. The van der Waals surface area contributed by atoms with Crippen molar-refractivity contribution in [2.75, 3.05) is 0 Å². The molecule has 2 heteroatoms. The SMILES string of the molecule is CCCc1ccc(C(N)Cc2ccccc2Br)cc1. The van der Waals surface area contributed by atoms with E-state index in [1.54, 1.807) is 0 Å². The largest absolute Gasteiger partial charge is 0.324 e. The second-order valence-corrected chi connectivity index (χ2v) is 5.75. The summed E-state index contributed by atoms with van der Waals surface area (Å²) in [4.78, 5) is 0. The van der Waals surface area contributed by atoms with E-state index in [0.717, 1.165) is 17.3 Å². The molecular formula is C17H20BrN. The Morgan fingerprint density at radius 3 is 2.37 bits per heavy atom. The Kier molecular flexibility index (Phi) is 5.17. The second-order valence-electron chi connectivity index (χ2n) is 4.89. The Bertz CT molecular complexity index is 519. The molecule has 0 bridgehead atoms. The number of nitrogens with two attached hydrogens (primary N) is 1. The summed E-state index contributed by atoms with van der Waals surface area (Å²) in [6.45, 7) is 2.20. The van der Waals surface area contributed by atoms with Crippen LogP contribution in [-0.2, 0) is 12.8 Å². The highest BCUT2D eigenvalue weighted by Gasteiger charge is 2.09. The van der Waals surface area contributed by atoms with E-state index >= 15 is 0 Å². The van der Waals surface area contributed by atoms with Crippen LogP contribution >= 0.6 is 15.9 Å². The first-order valence-electron chi connectivity index (χ1n) is 6.78. The minimum Gasteiger partial charge on any atom is -0.324 e. The van der Waals surface area contributed by atoms with Crippen LogP contribution in [0, 0.1) is 0 Å². The van der Waals surface area contributed by atoms with Gasteiger partial charge < -0.3 is 5.73 Å². The van der Waals surface area contributed by atoms with Gasteiger partial charge in [0.1, 0.15) is 0 Å². The van der Waals surface area contributed by atoms with E-state index < -0.39 is 0 Å². The van der Waals surface area contributed by atoms with Gasteiger partial charge in [-0.3, -0.25) is 0 Å². The number of benzene rings is 2. The van der Waals surface area contributed by atoms with Crippen LogP contribution < -0.4 is 5.73 Å². The molecule has 1 nitrogen and oxygen atoms in total. The average Bonchev–Trinajstić information content (AvgIpc) is 2.42. The highest BCUT2D eigenvalue weighted by atomic mass is 79.9. The van der Waals surface area contributed by atoms with Crippen molar-refractivity contribution in [3.05, 3.63) is 69.7 Å². The fourth-order valence-corrected chi connectivity index (χ4v) is 2.69. The first-order valence-corrected chi connectivity index (χ1v) is 7.58. The van der Waals surface area contributed by atoms with Crippen LogP contribution in [0.5, 0.6) is 0 Å². The summed E-state index contributed by atoms with van der Waals surface area (Å²) in [7, 11) is 0. The number of aryl methyl sites for hydroxylation is 1. The predicted molar refractivity (Wildman–Crippen MR) is 85.2 cm³/mol. The van der Waals surface area contributed by atoms with Crippen LogP contribution in [0.1, 0.15) is 36.1 Å². The molecule has 0 saturated heterocycles. The predicted octanol–water partition coefficient (Wildman–Crippen LogP) is 4.64. The Labute approximate surface area is 124 Å². The van der Waals surface area contributed by atoms with Crippen molar-refractivity contribution in [2.24, 2.45) is 5.73 Å². The maximum Gasteiger partial charge on any atom is 0.0336 e. The highest BCUT2D eigenvalue weighted by Crippen LogP contribution is 2.22. The number of halogens is 1. The van der Waals surface area contributed by atoms with Crippen molar-refractivity contribution < 1.29 is 0 Å². The molecule has 2 N–H and O–H groups in total. The first kappa shape index (κ1) is 14.3. The minimum absolute atomic E-state index is 0.0503. The molecule has 2 rings (SSSR count). The molecule has 19 heavy (non-hydrogen) atoms. The number of hydrogen-bond donors (Lipinski definition) is 1. The summed E-state index contributed by atoms with van der Waals surface area (Å²) in [6, 6.07) is 17.0. The number of rotatable bonds is 5. The molecule has 0 spiro atoms. The summed E-state index contributed by atoms with van der Waals surface area (Å²) in [5, 5.41) is 0. The molecule has 1 unspecified atom stereocenters. The van der Waals surface area contributed by atoms with Crippen LogP contribution in [0.3, 0.4) is 0 Å². The Hall–Kier alpha value is -1.12. The van der Waals surface area contributed by atoms with Crippen molar-refractivity contribution in [2.45, 2.75) is 32.2 Å². The van der Waals surface area contributed by atoms with Gasteiger partial charge in [-0.2, -0.15) is 0 Å². The maximum atomic E-state index is 6.30. The van der Waals surface area contributed by atoms with Gasteiger partial charge >= 0.3 is 0 Å². The molecule has 0 amide bonds. The van der Waals surface area contributed by atoms with Crippen molar-refractivity contribution in [1.82, 2.24) is 0 Å². The number of hydrogen-bond acceptors (Lipinski definition) is 1. The summed E-state index contributed by atoms with van der Waals surface area (Å²) in [6.07, 6.45) is 3.18. The lowest BCUT2D eigenvalue weighted by Gasteiger charge is -2.14. The zero-order valence-electron chi connectivity index (χ0n) is 11.3. The van der Waals surface area contributed by atoms with E-state index in [0.29, 0.717) is 0 Å². The molecule has 0 radical (unpaired) electrons. The molecule has 0 aliphatic carbocycles. The zero-order chi connectivity index (χ0) is 13.7. The summed E-state index contributed by atoms with van der Waals surface area (Å²) < 4.78 is 1.13. The Balaban J connectivity index is 2.07. The zero-order valence-corrected chi connectivity index (χ0v) is 12.9. The lowest BCUT2D eigenvalue weighted by Crippen LogP contribution is -2.13. The molecule has 0 fully saturated rings. The highest BCUT2D eigenvalue weighted by molar-refractivity contribution is 9.10. The minimum atomic E-state index is 0.0503. The van der Waals surface area contributed by atoms with Gasteiger partial charge in [0, 0.05) is 10.5 Å². The van der Waals surface area contributed by atoms with Crippen molar-refractivity contribution in [1.29, 1.82) is 0 Å². The van der Waals surface area contributed by atoms with Gasteiger partial charge in [0.25, 0.3) is 0 Å². The van der Waals surface area contributed by atoms with Gasteiger partial charge in [-0.1, -0.05) is 71.7 Å². The third-order valence-electron chi connectivity index (χ3n) is 3.34. The maximum absolute atomic E-state index is 6.30. The van der Waals surface area contributed by atoms with Gasteiger partial charge in [0.15, 0.2) is 0 Å².